The van der Waals surface area contributed by atoms with Crippen LogP contribution < -0.4 is 0 Å². The number of aryl methyl sites for hydroxylation is 1. The van der Waals surface area contributed by atoms with E-state index in [2.05, 4.69) is 50.2 Å². The first-order valence-electron chi connectivity index (χ1n) is 6.54. The quantitative estimate of drug-likeness (QED) is 0.768. The van der Waals surface area contributed by atoms with E-state index in [-0.39, 0.29) is 0 Å². The smallest absolute Gasteiger partial charge is 0.0518 e. The van der Waals surface area contributed by atoms with E-state index >= 15 is 0 Å². The van der Waals surface area contributed by atoms with Crippen molar-refractivity contribution >= 4 is 10.9 Å². The average molecular weight is 230 g/mol. The molecule has 0 amide bonds. The molecule has 0 aliphatic carbocycles. The van der Waals surface area contributed by atoms with Crippen molar-refractivity contribution in [1.29, 1.82) is 0 Å². The predicted octanol–water partition coefficient (Wildman–Crippen LogP) is 4.30. The van der Waals surface area contributed by atoms with Gasteiger partial charge >= 0.3 is 0 Å². The largest absolute Gasteiger partial charge is 0.341 e. The highest BCUT2D eigenvalue weighted by Gasteiger charge is 2.19. The van der Waals surface area contributed by atoms with Crippen LogP contribution >= 0.6 is 0 Å². The molecule has 0 radical (unpaired) electrons. The van der Waals surface area contributed by atoms with Crippen LogP contribution in [0.25, 0.3) is 10.9 Å². The Hall–Kier alpha value is -1.31. The molecule has 0 saturated heterocycles. The summed E-state index contributed by atoms with van der Waals surface area (Å²) in [5.41, 5.74) is 4.28. The monoisotopic (exact) mass is 230 g/mol. The van der Waals surface area contributed by atoms with Gasteiger partial charge in [-0.05, 0) is 37.8 Å². The topological polar surface area (TPSA) is 17.8 Å². The first-order chi connectivity index (χ1) is 8.07. The van der Waals surface area contributed by atoms with E-state index in [1.165, 1.54) is 22.2 Å². The number of hydrogen-bond donors (Lipinski definition) is 0. The van der Waals surface area contributed by atoms with Crippen molar-refractivity contribution in [2.45, 2.75) is 53.0 Å². The van der Waals surface area contributed by atoms with E-state index < -0.39 is 0 Å². The highest BCUT2D eigenvalue weighted by molar-refractivity contribution is 5.85. The Labute approximate surface area is 104 Å². The molecule has 0 saturated carbocycles. The third-order valence-corrected chi connectivity index (χ3v) is 3.37. The maximum atomic E-state index is 4.28. The van der Waals surface area contributed by atoms with Crippen LogP contribution in [0, 0.1) is 0 Å². The molecule has 0 aliphatic rings. The third-order valence-electron chi connectivity index (χ3n) is 3.37. The summed E-state index contributed by atoms with van der Waals surface area (Å²) in [5, 5.41) is 1.33. The van der Waals surface area contributed by atoms with Crippen LogP contribution in [0.4, 0.5) is 0 Å². The molecule has 0 aromatic carbocycles. The molecule has 2 aromatic heterocycles. The van der Waals surface area contributed by atoms with Crippen LogP contribution in [-0.4, -0.2) is 9.55 Å². The van der Waals surface area contributed by atoms with Crippen molar-refractivity contribution in [3.63, 3.8) is 0 Å². The van der Waals surface area contributed by atoms with Gasteiger partial charge in [-0.15, -0.1) is 0 Å². The Bertz CT molecular complexity index is 521. The number of nitrogens with zero attached hydrogens (tertiary/aromatic N) is 2. The van der Waals surface area contributed by atoms with Gasteiger partial charge in [-0.3, -0.25) is 4.98 Å². The molecular weight excluding hydrogens is 208 g/mol. The molecule has 92 valence electrons. The van der Waals surface area contributed by atoms with Gasteiger partial charge in [0.1, 0.15) is 0 Å². The summed E-state index contributed by atoms with van der Waals surface area (Å²) in [6.07, 6.45) is 4.99. The Morgan fingerprint density at radius 2 is 1.94 bits per heavy atom. The summed E-state index contributed by atoms with van der Waals surface area (Å²) in [4.78, 5) is 4.28. The van der Waals surface area contributed by atoms with E-state index in [0.29, 0.717) is 12.0 Å². The van der Waals surface area contributed by atoms with Gasteiger partial charge in [-0.1, -0.05) is 20.8 Å². The second-order valence-corrected chi connectivity index (χ2v) is 5.23. The first kappa shape index (κ1) is 12.2. The van der Waals surface area contributed by atoms with Crippen molar-refractivity contribution in [3.8, 4) is 0 Å². The molecule has 2 rings (SSSR count). The molecule has 0 spiro atoms. The van der Waals surface area contributed by atoms with E-state index in [4.69, 9.17) is 0 Å². The number of aromatic nitrogens is 2. The van der Waals surface area contributed by atoms with Crippen molar-refractivity contribution in [2.75, 3.05) is 0 Å². The van der Waals surface area contributed by atoms with Gasteiger partial charge in [0.05, 0.1) is 5.52 Å². The van der Waals surface area contributed by atoms with Gasteiger partial charge in [-0.2, -0.15) is 0 Å². The average Bonchev–Trinajstić information content (AvgIpc) is 2.63. The highest BCUT2D eigenvalue weighted by atomic mass is 15.0. The predicted molar refractivity (Wildman–Crippen MR) is 73.6 cm³/mol. The zero-order valence-electron chi connectivity index (χ0n) is 11.5. The summed E-state index contributed by atoms with van der Waals surface area (Å²) in [5.74, 6) is 0.555. The molecule has 0 unspecified atom stereocenters. The molecule has 2 heterocycles. The van der Waals surface area contributed by atoms with Crippen LogP contribution in [0.1, 0.15) is 57.8 Å². The standard InChI is InChI=1S/C15H22N2/c1-6-12-13-9-16-8-7-14(13)17(11(4)5)15(12)10(2)3/h7-11H,6H2,1-5H3. The minimum absolute atomic E-state index is 0.498. The van der Waals surface area contributed by atoms with Gasteiger partial charge < -0.3 is 4.57 Å². The Balaban J connectivity index is 2.87. The lowest BCUT2D eigenvalue weighted by atomic mass is 10.0. The SMILES string of the molecule is CCc1c(C(C)C)n(C(C)C)c2ccncc12. The van der Waals surface area contributed by atoms with Gasteiger partial charge in [0.25, 0.3) is 0 Å². The maximum absolute atomic E-state index is 4.28. The molecule has 0 N–H and O–H groups in total. The Morgan fingerprint density at radius 3 is 2.47 bits per heavy atom. The Kier molecular flexibility index (Phi) is 3.23. The Morgan fingerprint density at radius 1 is 1.24 bits per heavy atom. The van der Waals surface area contributed by atoms with Gasteiger partial charge in [0.15, 0.2) is 0 Å². The van der Waals surface area contributed by atoms with E-state index in [1.54, 1.807) is 0 Å². The summed E-state index contributed by atoms with van der Waals surface area (Å²) in [6, 6.07) is 2.64. The zero-order chi connectivity index (χ0) is 12.6. The summed E-state index contributed by atoms with van der Waals surface area (Å²) in [6.45, 7) is 11.3. The molecular formula is C15H22N2. The van der Waals surface area contributed by atoms with Crippen LogP contribution in [0.2, 0.25) is 0 Å². The van der Waals surface area contributed by atoms with Crippen molar-refractivity contribution in [1.82, 2.24) is 9.55 Å². The molecule has 0 aliphatic heterocycles. The van der Waals surface area contributed by atoms with E-state index in [9.17, 15) is 0 Å². The van der Waals surface area contributed by atoms with E-state index in [0.717, 1.165) is 6.42 Å². The van der Waals surface area contributed by atoms with Gasteiger partial charge in [-0.25, -0.2) is 0 Å². The summed E-state index contributed by atoms with van der Waals surface area (Å²) < 4.78 is 2.47. The fourth-order valence-electron chi connectivity index (χ4n) is 2.80. The molecule has 17 heavy (non-hydrogen) atoms. The fraction of sp³-hybridized carbons (Fsp3) is 0.533. The summed E-state index contributed by atoms with van der Waals surface area (Å²) >= 11 is 0. The first-order valence-corrected chi connectivity index (χ1v) is 6.54. The number of pyridine rings is 1. The van der Waals surface area contributed by atoms with Crippen LogP contribution in [0.5, 0.6) is 0 Å². The lowest BCUT2D eigenvalue weighted by Gasteiger charge is -2.18. The highest BCUT2D eigenvalue weighted by Crippen LogP contribution is 2.33. The lowest BCUT2D eigenvalue weighted by Crippen LogP contribution is -2.08. The second kappa shape index (κ2) is 4.52. The van der Waals surface area contributed by atoms with Crippen LogP contribution in [0.3, 0.4) is 0 Å². The molecule has 2 aromatic rings. The molecule has 2 nitrogen and oxygen atoms in total. The minimum Gasteiger partial charge on any atom is -0.341 e. The fourth-order valence-corrected chi connectivity index (χ4v) is 2.80. The van der Waals surface area contributed by atoms with Crippen LogP contribution in [-0.2, 0) is 6.42 Å². The van der Waals surface area contributed by atoms with Crippen molar-refractivity contribution in [3.05, 3.63) is 29.7 Å². The van der Waals surface area contributed by atoms with Crippen molar-refractivity contribution < 1.29 is 0 Å². The van der Waals surface area contributed by atoms with E-state index in [1.807, 2.05) is 12.4 Å². The molecule has 0 bridgehead atoms. The third kappa shape index (κ3) is 1.86. The van der Waals surface area contributed by atoms with Gasteiger partial charge in [0, 0.05) is 29.5 Å². The van der Waals surface area contributed by atoms with Crippen molar-refractivity contribution in [2.24, 2.45) is 0 Å². The van der Waals surface area contributed by atoms with Crippen LogP contribution in [0.15, 0.2) is 18.5 Å². The number of fused-ring (bicyclic) bond motifs is 1. The molecule has 0 fully saturated rings. The number of rotatable bonds is 3. The second-order valence-electron chi connectivity index (χ2n) is 5.23. The summed E-state index contributed by atoms with van der Waals surface area (Å²) in [7, 11) is 0. The zero-order valence-corrected chi connectivity index (χ0v) is 11.5. The maximum Gasteiger partial charge on any atom is 0.0518 e. The molecule has 0 atom stereocenters. The lowest BCUT2D eigenvalue weighted by molar-refractivity contribution is 0.573. The van der Waals surface area contributed by atoms with Gasteiger partial charge in [0.2, 0.25) is 0 Å². The number of hydrogen-bond acceptors (Lipinski definition) is 1. The normalized spacial score (nSPS) is 11.9. The molecule has 2 heteroatoms. The minimum atomic E-state index is 0.498.